The SMILES string of the molecule is COc1ccc(Nc2c(Cl)cc(N)cc2C(N)=O)cc1Cl. The third kappa shape index (κ3) is 3.32. The van der Waals surface area contributed by atoms with Crippen molar-refractivity contribution in [2.75, 3.05) is 18.2 Å². The predicted molar refractivity (Wildman–Crippen MR) is 85.7 cm³/mol. The van der Waals surface area contributed by atoms with Crippen LogP contribution in [0.25, 0.3) is 0 Å². The van der Waals surface area contributed by atoms with Gasteiger partial charge < -0.3 is 21.5 Å². The number of methoxy groups -OCH3 is 1. The molecule has 2 aromatic rings. The number of halogens is 2. The average Bonchev–Trinajstić information content (AvgIpc) is 2.41. The van der Waals surface area contributed by atoms with E-state index in [1.807, 2.05) is 0 Å². The molecule has 1 amide bonds. The average molecular weight is 326 g/mol. The van der Waals surface area contributed by atoms with Crippen LogP contribution in [0.4, 0.5) is 17.1 Å². The van der Waals surface area contributed by atoms with E-state index in [0.29, 0.717) is 27.8 Å². The molecule has 0 saturated carbocycles. The van der Waals surface area contributed by atoms with Crippen LogP contribution in [0.2, 0.25) is 10.0 Å². The molecule has 21 heavy (non-hydrogen) atoms. The van der Waals surface area contributed by atoms with Crippen LogP contribution < -0.4 is 21.5 Å². The molecule has 2 rings (SSSR count). The largest absolute Gasteiger partial charge is 0.495 e. The first-order valence-electron chi connectivity index (χ1n) is 5.91. The number of carbonyl (C=O) groups excluding carboxylic acids is 1. The lowest BCUT2D eigenvalue weighted by atomic mass is 10.1. The molecule has 0 aromatic heterocycles. The maximum absolute atomic E-state index is 11.5. The van der Waals surface area contributed by atoms with Crippen LogP contribution in [0, 0.1) is 0 Å². The van der Waals surface area contributed by atoms with Gasteiger partial charge >= 0.3 is 0 Å². The minimum Gasteiger partial charge on any atom is -0.495 e. The van der Waals surface area contributed by atoms with E-state index in [4.69, 9.17) is 39.4 Å². The van der Waals surface area contributed by atoms with Gasteiger partial charge in [0.1, 0.15) is 5.75 Å². The second kappa shape index (κ2) is 6.11. The smallest absolute Gasteiger partial charge is 0.250 e. The highest BCUT2D eigenvalue weighted by Gasteiger charge is 2.14. The zero-order valence-corrected chi connectivity index (χ0v) is 12.6. The molecule has 7 heteroatoms. The molecular weight excluding hydrogens is 313 g/mol. The Bertz CT molecular complexity index is 705. The van der Waals surface area contributed by atoms with Crippen molar-refractivity contribution in [3.8, 4) is 5.75 Å². The van der Waals surface area contributed by atoms with Crippen molar-refractivity contribution >= 4 is 46.2 Å². The van der Waals surface area contributed by atoms with Crippen LogP contribution in [-0.4, -0.2) is 13.0 Å². The summed E-state index contributed by atoms with van der Waals surface area (Å²) in [6, 6.07) is 8.07. The Morgan fingerprint density at radius 2 is 1.90 bits per heavy atom. The lowest BCUT2D eigenvalue weighted by Gasteiger charge is -2.14. The number of ether oxygens (including phenoxy) is 1. The second-order valence-corrected chi connectivity index (χ2v) is 5.08. The van der Waals surface area contributed by atoms with Gasteiger partial charge in [-0.2, -0.15) is 0 Å². The lowest BCUT2D eigenvalue weighted by Crippen LogP contribution is -2.14. The number of nitrogens with one attached hydrogen (secondary N) is 1. The summed E-state index contributed by atoms with van der Waals surface area (Å²) in [5.41, 5.74) is 12.6. The molecule has 110 valence electrons. The molecule has 0 spiro atoms. The quantitative estimate of drug-likeness (QED) is 0.751. The Labute approximate surface area is 131 Å². The summed E-state index contributed by atoms with van der Waals surface area (Å²) < 4.78 is 5.08. The zero-order chi connectivity index (χ0) is 15.6. The molecule has 5 nitrogen and oxygen atoms in total. The fourth-order valence-corrected chi connectivity index (χ4v) is 2.37. The molecule has 0 bridgehead atoms. The van der Waals surface area contributed by atoms with Crippen molar-refractivity contribution in [1.82, 2.24) is 0 Å². The molecule has 0 fully saturated rings. The number of carbonyl (C=O) groups is 1. The van der Waals surface area contributed by atoms with Gasteiger partial charge in [0.15, 0.2) is 0 Å². The molecule has 0 heterocycles. The Balaban J connectivity index is 2.44. The Morgan fingerprint density at radius 3 is 2.48 bits per heavy atom. The first-order valence-corrected chi connectivity index (χ1v) is 6.67. The number of nitrogens with two attached hydrogens (primary N) is 2. The summed E-state index contributed by atoms with van der Waals surface area (Å²) in [6.45, 7) is 0. The minimum atomic E-state index is -0.633. The number of primary amides is 1. The molecule has 0 saturated heterocycles. The van der Waals surface area contributed by atoms with Crippen molar-refractivity contribution in [3.63, 3.8) is 0 Å². The van der Waals surface area contributed by atoms with Crippen LogP contribution >= 0.6 is 23.2 Å². The number of anilines is 3. The van der Waals surface area contributed by atoms with Crippen LogP contribution in [0.5, 0.6) is 5.75 Å². The van der Waals surface area contributed by atoms with E-state index in [1.54, 1.807) is 18.2 Å². The van der Waals surface area contributed by atoms with E-state index in [0.717, 1.165) is 0 Å². The summed E-state index contributed by atoms with van der Waals surface area (Å²) in [5, 5.41) is 3.73. The first kappa shape index (κ1) is 15.3. The number of hydrogen-bond acceptors (Lipinski definition) is 4. The standard InChI is InChI=1S/C14H13Cl2N3O2/c1-21-12-3-2-8(6-10(12)15)19-13-9(14(18)20)4-7(17)5-11(13)16/h2-6,19H,17H2,1H3,(H2,18,20). The highest BCUT2D eigenvalue weighted by Crippen LogP contribution is 2.34. The molecule has 5 N–H and O–H groups in total. The van der Waals surface area contributed by atoms with Gasteiger partial charge in [0, 0.05) is 11.4 Å². The molecule has 0 unspecified atom stereocenters. The maximum atomic E-state index is 11.5. The minimum absolute atomic E-state index is 0.201. The van der Waals surface area contributed by atoms with Gasteiger partial charge in [-0.25, -0.2) is 0 Å². The third-order valence-electron chi connectivity index (χ3n) is 2.80. The Hall–Kier alpha value is -2.11. The highest BCUT2D eigenvalue weighted by atomic mass is 35.5. The fourth-order valence-electron chi connectivity index (χ4n) is 1.84. The van der Waals surface area contributed by atoms with E-state index in [9.17, 15) is 4.79 Å². The zero-order valence-electron chi connectivity index (χ0n) is 11.1. The van der Waals surface area contributed by atoms with E-state index in [2.05, 4.69) is 5.32 Å². The topological polar surface area (TPSA) is 90.4 Å². The summed E-state index contributed by atoms with van der Waals surface area (Å²) in [6.07, 6.45) is 0. The van der Waals surface area contributed by atoms with E-state index in [-0.39, 0.29) is 10.6 Å². The Morgan fingerprint density at radius 1 is 1.19 bits per heavy atom. The van der Waals surface area contributed by atoms with E-state index >= 15 is 0 Å². The van der Waals surface area contributed by atoms with Gasteiger partial charge in [0.2, 0.25) is 0 Å². The normalized spacial score (nSPS) is 10.2. The highest BCUT2D eigenvalue weighted by molar-refractivity contribution is 6.35. The monoisotopic (exact) mass is 325 g/mol. The molecule has 0 atom stereocenters. The summed E-state index contributed by atoms with van der Waals surface area (Å²) in [7, 11) is 1.52. The molecule has 2 aromatic carbocycles. The summed E-state index contributed by atoms with van der Waals surface area (Å²) >= 11 is 12.2. The van der Waals surface area contributed by atoms with Crippen molar-refractivity contribution in [3.05, 3.63) is 45.9 Å². The number of benzene rings is 2. The lowest BCUT2D eigenvalue weighted by molar-refractivity contribution is 0.100. The first-order chi connectivity index (χ1) is 9.92. The van der Waals surface area contributed by atoms with Gasteiger partial charge in [0.05, 0.1) is 28.4 Å². The van der Waals surface area contributed by atoms with Gasteiger partial charge in [-0.15, -0.1) is 0 Å². The van der Waals surface area contributed by atoms with Gasteiger partial charge in [-0.3, -0.25) is 4.79 Å². The number of nitrogen functional groups attached to an aromatic ring is 1. The maximum Gasteiger partial charge on any atom is 0.250 e. The van der Waals surface area contributed by atoms with Gasteiger partial charge in [0.25, 0.3) is 5.91 Å². The van der Waals surface area contributed by atoms with Gasteiger partial charge in [-0.05, 0) is 30.3 Å². The van der Waals surface area contributed by atoms with Crippen molar-refractivity contribution in [1.29, 1.82) is 0 Å². The predicted octanol–water partition coefficient (Wildman–Crippen LogP) is 3.43. The number of hydrogen-bond donors (Lipinski definition) is 3. The third-order valence-corrected chi connectivity index (χ3v) is 3.39. The van der Waals surface area contributed by atoms with Crippen molar-refractivity contribution in [2.24, 2.45) is 5.73 Å². The molecule has 0 radical (unpaired) electrons. The number of rotatable bonds is 4. The van der Waals surface area contributed by atoms with Crippen LogP contribution in [0.3, 0.4) is 0 Å². The van der Waals surface area contributed by atoms with Crippen LogP contribution in [-0.2, 0) is 0 Å². The van der Waals surface area contributed by atoms with Crippen LogP contribution in [0.15, 0.2) is 30.3 Å². The second-order valence-electron chi connectivity index (χ2n) is 4.26. The summed E-state index contributed by atoms with van der Waals surface area (Å²) in [5.74, 6) is -0.0907. The van der Waals surface area contributed by atoms with Crippen LogP contribution in [0.1, 0.15) is 10.4 Å². The fraction of sp³-hybridized carbons (Fsp3) is 0.0714. The number of amides is 1. The molecular formula is C14H13Cl2N3O2. The summed E-state index contributed by atoms with van der Waals surface area (Å²) in [4.78, 5) is 11.5. The van der Waals surface area contributed by atoms with E-state index < -0.39 is 5.91 Å². The molecule has 0 aliphatic heterocycles. The molecule has 0 aliphatic rings. The van der Waals surface area contributed by atoms with E-state index in [1.165, 1.54) is 19.2 Å². The Kier molecular flexibility index (Phi) is 4.45. The van der Waals surface area contributed by atoms with Crippen molar-refractivity contribution < 1.29 is 9.53 Å². The molecule has 0 aliphatic carbocycles. The van der Waals surface area contributed by atoms with Crippen molar-refractivity contribution in [2.45, 2.75) is 0 Å². The van der Waals surface area contributed by atoms with Gasteiger partial charge in [-0.1, -0.05) is 23.2 Å².